The van der Waals surface area contributed by atoms with Crippen molar-refractivity contribution in [3.63, 3.8) is 0 Å². The predicted molar refractivity (Wildman–Crippen MR) is 103 cm³/mol. The van der Waals surface area contributed by atoms with E-state index >= 15 is 0 Å². The molecule has 1 aromatic carbocycles. The number of aromatic nitrogens is 2. The minimum atomic E-state index is -0.175. The highest BCUT2D eigenvalue weighted by Gasteiger charge is 2.41. The molecule has 2 aliphatic heterocycles. The molecule has 1 spiro atoms. The summed E-state index contributed by atoms with van der Waals surface area (Å²) in [5, 5.41) is 4.28. The number of aryl methyl sites for hydroxylation is 1. The van der Waals surface area contributed by atoms with Gasteiger partial charge < -0.3 is 19.1 Å². The van der Waals surface area contributed by atoms with Crippen LogP contribution in [0.4, 0.5) is 0 Å². The van der Waals surface area contributed by atoms with Gasteiger partial charge in [0.2, 0.25) is 0 Å². The van der Waals surface area contributed by atoms with Crippen LogP contribution in [0.15, 0.2) is 30.6 Å². The lowest BCUT2D eigenvalue weighted by atomic mass is 9.79. The van der Waals surface area contributed by atoms with Crippen LogP contribution in [0.3, 0.4) is 0 Å². The Bertz CT molecular complexity index is 752. The van der Waals surface area contributed by atoms with Crippen LogP contribution in [0.2, 0.25) is 0 Å². The molecule has 146 valence electrons. The molecule has 0 unspecified atom stereocenters. The van der Waals surface area contributed by atoms with E-state index < -0.39 is 0 Å². The maximum Gasteiger partial charge on any atom is 0.161 e. The molecule has 2 aliphatic rings. The zero-order chi connectivity index (χ0) is 18.7. The Labute approximate surface area is 161 Å². The third-order valence-corrected chi connectivity index (χ3v) is 5.93. The minimum Gasteiger partial charge on any atom is -0.493 e. The summed E-state index contributed by atoms with van der Waals surface area (Å²) in [6.07, 6.45) is 7.97. The summed E-state index contributed by atoms with van der Waals surface area (Å²) in [5.74, 6) is 1.60. The highest BCUT2D eigenvalue weighted by molar-refractivity contribution is 5.50. The fraction of sp³-hybridized carbons (Fsp3) is 0.571. The van der Waals surface area contributed by atoms with Gasteiger partial charge in [-0.05, 0) is 61.6 Å². The van der Waals surface area contributed by atoms with Crippen LogP contribution < -0.4 is 9.47 Å². The smallest absolute Gasteiger partial charge is 0.161 e. The van der Waals surface area contributed by atoms with Crippen LogP contribution in [0.25, 0.3) is 0 Å². The van der Waals surface area contributed by atoms with E-state index in [4.69, 9.17) is 14.2 Å². The van der Waals surface area contributed by atoms with Crippen LogP contribution in [-0.2, 0) is 23.3 Å². The highest BCUT2D eigenvalue weighted by atomic mass is 16.5. The largest absolute Gasteiger partial charge is 0.493 e. The molecule has 0 amide bonds. The number of nitrogens with zero attached hydrogens (tertiary/aromatic N) is 3. The molecule has 2 aromatic rings. The van der Waals surface area contributed by atoms with E-state index in [0.29, 0.717) is 0 Å². The Balaban J connectivity index is 1.42. The second kappa shape index (κ2) is 7.90. The van der Waals surface area contributed by atoms with Gasteiger partial charge in [-0.1, -0.05) is 0 Å². The molecule has 3 heterocycles. The molecule has 0 N–H and O–H groups in total. The van der Waals surface area contributed by atoms with Crippen LogP contribution in [0.1, 0.15) is 30.4 Å². The zero-order valence-corrected chi connectivity index (χ0v) is 16.3. The number of ether oxygens (including phenoxy) is 3. The molecule has 0 aliphatic carbocycles. The number of methoxy groups -OCH3 is 2. The number of piperidine rings is 1. The maximum atomic E-state index is 6.38. The van der Waals surface area contributed by atoms with Crippen molar-refractivity contribution >= 4 is 0 Å². The standard InChI is InChI=1S/C21H29N3O3/c1-25-19-15-17-5-14-27-21(18(17)16-20(19)26-2)6-12-23(13-7-21)9-4-11-24-10-3-8-22-24/h3,8,10,15-16H,4-7,9,11-14H2,1-2H3. The number of benzene rings is 1. The van der Waals surface area contributed by atoms with Crippen molar-refractivity contribution in [3.05, 3.63) is 41.7 Å². The van der Waals surface area contributed by atoms with Crippen molar-refractivity contribution in [3.8, 4) is 11.5 Å². The second-order valence-corrected chi connectivity index (χ2v) is 7.42. The SMILES string of the molecule is COc1cc2c(cc1OC)C1(CCN(CCCn3cccn3)CC1)OCC2. The molecule has 6 heteroatoms. The summed E-state index contributed by atoms with van der Waals surface area (Å²) in [4.78, 5) is 2.55. The number of hydrogen-bond acceptors (Lipinski definition) is 5. The van der Waals surface area contributed by atoms with Gasteiger partial charge in [-0.3, -0.25) is 4.68 Å². The Morgan fingerprint density at radius 1 is 1.11 bits per heavy atom. The lowest BCUT2D eigenvalue weighted by molar-refractivity contribution is -0.0981. The first-order chi connectivity index (χ1) is 13.2. The van der Waals surface area contributed by atoms with Gasteiger partial charge in [0.1, 0.15) is 0 Å². The Morgan fingerprint density at radius 3 is 2.59 bits per heavy atom. The van der Waals surface area contributed by atoms with Gasteiger partial charge in [-0.25, -0.2) is 0 Å². The van der Waals surface area contributed by atoms with E-state index in [1.54, 1.807) is 14.2 Å². The molecule has 6 nitrogen and oxygen atoms in total. The van der Waals surface area contributed by atoms with Gasteiger partial charge in [-0.2, -0.15) is 5.10 Å². The molecule has 0 saturated carbocycles. The van der Waals surface area contributed by atoms with Gasteiger partial charge in [0.05, 0.1) is 26.4 Å². The summed E-state index contributed by atoms with van der Waals surface area (Å²) in [6.45, 7) is 4.99. The predicted octanol–water partition coefficient (Wildman–Crippen LogP) is 2.85. The topological polar surface area (TPSA) is 48.8 Å². The monoisotopic (exact) mass is 371 g/mol. The van der Waals surface area contributed by atoms with Gasteiger partial charge in [0.15, 0.2) is 11.5 Å². The fourth-order valence-electron chi connectivity index (χ4n) is 4.43. The number of fused-ring (bicyclic) bond motifs is 2. The number of likely N-dealkylation sites (tertiary alicyclic amines) is 1. The number of hydrogen-bond donors (Lipinski definition) is 0. The van der Waals surface area contributed by atoms with Crippen molar-refractivity contribution < 1.29 is 14.2 Å². The van der Waals surface area contributed by atoms with E-state index in [0.717, 1.165) is 70.0 Å². The molecule has 0 bridgehead atoms. The molecular weight excluding hydrogens is 342 g/mol. The molecule has 1 saturated heterocycles. The Kier molecular flexibility index (Phi) is 5.36. The van der Waals surface area contributed by atoms with Crippen LogP contribution in [-0.4, -0.2) is 55.1 Å². The van der Waals surface area contributed by atoms with Crippen molar-refractivity contribution in [2.45, 2.75) is 37.8 Å². The first-order valence-electron chi connectivity index (χ1n) is 9.83. The van der Waals surface area contributed by atoms with Gasteiger partial charge >= 0.3 is 0 Å². The molecule has 4 rings (SSSR count). The molecular formula is C21H29N3O3. The van der Waals surface area contributed by atoms with E-state index in [1.165, 1.54) is 11.1 Å². The molecule has 0 atom stereocenters. The minimum absolute atomic E-state index is 0.175. The lowest BCUT2D eigenvalue weighted by Crippen LogP contribution is -2.46. The van der Waals surface area contributed by atoms with Crippen molar-refractivity contribution in [2.24, 2.45) is 0 Å². The van der Waals surface area contributed by atoms with Crippen molar-refractivity contribution in [2.75, 3.05) is 40.5 Å². The molecule has 0 radical (unpaired) electrons. The van der Waals surface area contributed by atoms with E-state index in [1.807, 2.05) is 23.1 Å². The Morgan fingerprint density at radius 2 is 1.89 bits per heavy atom. The summed E-state index contributed by atoms with van der Waals surface area (Å²) < 4.78 is 19.4. The van der Waals surface area contributed by atoms with Gasteiger partial charge in [0.25, 0.3) is 0 Å². The molecule has 1 aromatic heterocycles. The third-order valence-electron chi connectivity index (χ3n) is 5.93. The van der Waals surface area contributed by atoms with E-state index in [2.05, 4.69) is 22.1 Å². The summed E-state index contributed by atoms with van der Waals surface area (Å²) >= 11 is 0. The number of rotatable bonds is 6. The third kappa shape index (κ3) is 3.69. The second-order valence-electron chi connectivity index (χ2n) is 7.42. The summed E-state index contributed by atoms with van der Waals surface area (Å²) in [5.41, 5.74) is 2.46. The average Bonchev–Trinajstić information content (AvgIpc) is 3.22. The van der Waals surface area contributed by atoms with E-state index in [-0.39, 0.29) is 5.60 Å². The van der Waals surface area contributed by atoms with Crippen molar-refractivity contribution in [1.29, 1.82) is 0 Å². The van der Waals surface area contributed by atoms with Crippen LogP contribution in [0, 0.1) is 0 Å². The maximum absolute atomic E-state index is 6.38. The van der Waals surface area contributed by atoms with Crippen LogP contribution >= 0.6 is 0 Å². The van der Waals surface area contributed by atoms with Crippen molar-refractivity contribution in [1.82, 2.24) is 14.7 Å². The highest BCUT2D eigenvalue weighted by Crippen LogP contribution is 2.45. The zero-order valence-electron chi connectivity index (χ0n) is 16.3. The first kappa shape index (κ1) is 18.3. The summed E-state index contributed by atoms with van der Waals surface area (Å²) in [6, 6.07) is 6.25. The molecule has 27 heavy (non-hydrogen) atoms. The summed E-state index contributed by atoms with van der Waals surface area (Å²) in [7, 11) is 3.39. The lowest BCUT2D eigenvalue weighted by Gasteiger charge is -2.45. The quantitative estimate of drug-likeness (QED) is 0.781. The van der Waals surface area contributed by atoms with Gasteiger partial charge in [-0.15, -0.1) is 0 Å². The van der Waals surface area contributed by atoms with Gasteiger partial charge in [0, 0.05) is 32.0 Å². The average molecular weight is 371 g/mol. The first-order valence-corrected chi connectivity index (χ1v) is 9.83. The van der Waals surface area contributed by atoms with E-state index in [9.17, 15) is 0 Å². The van der Waals surface area contributed by atoms with Crippen LogP contribution in [0.5, 0.6) is 11.5 Å². The normalized spacial score (nSPS) is 19.0. The fourth-order valence-corrected chi connectivity index (χ4v) is 4.43. The molecule has 1 fully saturated rings. The Hall–Kier alpha value is -2.05.